The van der Waals surface area contributed by atoms with Crippen LogP contribution in [0.5, 0.6) is 0 Å². The van der Waals surface area contributed by atoms with Gasteiger partial charge in [0.2, 0.25) is 0 Å². The van der Waals surface area contributed by atoms with E-state index < -0.39 is 0 Å². The SMILES string of the molecule is CCNCCCCNCCCNCc1ccc(C(C)C)cc1. The first-order valence-electron chi connectivity index (χ1n) is 8.95. The Labute approximate surface area is 137 Å². The van der Waals surface area contributed by atoms with Crippen LogP contribution in [0.25, 0.3) is 0 Å². The van der Waals surface area contributed by atoms with E-state index in [1.54, 1.807) is 0 Å². The second-order valence-electron chi connectivity index (χ2n) is 6.24. The van der Waals surface area contributed by atoms with E-state index in [0.29, 0.717) is 5.92 Å². The van der Waals surface area contributed by atoms with Crippen LogP contribution >= 0.6 is 0 Å². The van der Waals surface area contributed by atoms with Gasteiger partial charge < -0.3 is 16.0 Å². The molecule has 0 fully saturated rings. The zero-order valence-electron chi connectivity index (χ0n) is 14.8. The summed E-state index contributed by atoms with van der Waals surface area (Å²) in [6.45, 7) is 13.2. The minimum atomic E-state index is 0.617. The lowest BCUT2D eigenvalue weighted by atomic mass is 10.0. The zero-order chi connectivity index (χ0) is 16.0. The minimum Gasteiger partial charge on any atom is -0.317 e. The van der Waals surface area contributed by atoms with Crippen LogP contribution in [0.15, 0.2) is 24.3 Å². The molecule has 0 aliphatic rings. The Morgan fingerprint density at radius 3 is 2.00 bits per heavy atom. The molecule has 0 aliphatic carbocycles. The second kappa shape index (κ2) is 12.6. The van der Waals surface area contributed by atoms with E-state index in [-0.39, 0.29) is 0 Å². The molecule has 0 heterocycles. The van der Waals surface area contributed by atoms with Crippen molar-refractivity contribution in [2.75, 3.05) is 32.7 Å². The van der Waals surface area contributed by atoms with Crippen molar-refractivity contribution in [1.29, 1.82) is 0 Å². The molecular formula is C19H35N3. The second-order valence-corrected chi connectivity index (χ2v) is 6.24. The number of nitrogens with one attached hydrogen (secondary N) is 3. The van der Waals surface area contributed by atoms with Crippen LogP contribution in [0.3, 0.4) is 0 Å². The van der Waals surface area contributed by atoms with Crippen molar-refractivity contribution in [3.8, 4) is 0 Å². The average Bonchev–Trinajstić information content (AvgIpc) is 2.53. The van der Waals surface area contributed by atoms with Crippen molar-refractivity contribution in [3.05, 3.63) is 35.4 Å². The molecule has 1 rings (SSSR count). The molecule has 0 atom stereocenters. The molecule has 0 saturated carbocycles. The maximum absolute atomic E-state index is 3.52. The minimum absolute atomic E-state index is 0.617. The number of hydrogen-bond acceptors (Lipinski definition) is 3. The number of rotatable bonds is 13. The molecule has 0 bridgehead atoms. The van der Waals surface area contributed by atoms with Crippen LogP contribution in [0.1, 0.15) is 57.1 Å². The summed E-state index contributed by atoms with van der Waals surface area (Å²) < 4.78 is 0. The third-order valence-corrected chi connectivity index (χ3v) is 3.89. The van der Waals surface area contributed by atoms with Crippen LogP contribution in [0.4, 0.5) is 0 Å². The van der Waals surface area contributed by atoms with Gasteiger partial charge >= 0.3 is 0 Å². The Morgan fingerprint density at radius 2 is 1.36 bits per heavy atom. The van der Waals surface area contributed by atoms with Crippen molar-refractivity contribution < 1.29 is 0 Å². The van der Waals surface area contributed by atoms with Crippen LogP contribution < -0.4 is 16.0 Å². The number of hydrogen-bond donors (Lipinski definition) is 3. The van der Waals surface area contributed by atoms with Gasteiger partial charge in [0.15, 0.2) is 0 Å². The molecule has 0 unspecified atom stereocenters. The predicted molar refractivity (Wildman–Crippen MR) is 97.5 cm³/mol. The summed E-state index contributed by atoms with van der Waals surface area (Å²) in [4.78, 5) is 0. The molecule has 3 heteroatoms. The van der Waals surface area contributed by atoms with Crippen LogP contribution in [0, 0.1) is 0 Å². The summed E-state index contributed by atoms with van der Waals surface area (Å²) in [6, 6.07) is 8.98. The van der Waals surface area contributed by atoms with Crippen LogP contribution in [-0.4, -0.2) is 32.7 Å². The maximum atomic E-state index is 3.52. The Bertz CT molecular complexity index is 359. The lowest BCUT2D eigenvalue weighted by Gasteiger charge is -2.09. The van der Waals surface area contributed by atoms with Crippen LogP contribution in [-0.2, 0) is 6.54 Å². The fourth-order valence-electron chi connectivity index (χ4n) is 2.39. The first-order valence-corrected chi connectivity index (χ1v) is 8.95. The topological polar surface area (TPSA) is 36.1 Å². The molecule has 126 valence electrons. The van der Waals surface area contributed by atoms with E-state index in [1.807, 2.05) is 0 Å². The largest absolute Gasteiger partial charge is 0.317 e. The summed E-state index contributed by atoms with van der Waals surface area (Å²) in [5.41, 5.74) is 2.79. The molecule has 22 heavy (non-hydrogen) atoms. The molecule has 0 saturated heterocycles. The summed E-state index contributed by atoms with van der Waals surface area (Å²) in [7, 11) is 0. The normalized spacial score (nSPS) is 11.3. The third kappa shape index (κ3) is 9.19. The summed E-state index contributed by atoms with van der Waals surface area (Å²) >= 11 is 0. The van der Waals surface area contributed by atoms with E-state index in [1.165, 1.54) is 30.4 Å². The van der Waals surface area contributed by atoms with E-state index in [4.69, 9.17) is 0 Å². The van der Waals surface area contributed by atoms with Gasteiger partial charge in [-0.2, -0.15) is 0 Å². The standard InChI is InChI=1S/C19H35N3/c1-4-20-12-5-6-13-21-14-7-15-22-16-18-8-10-19(11-9-18)17(2)3/h8-11,17,20-22H,4-7,12-16H2,1-3H3. The predicted octanol–water partition coefficient (Wildman–Crippen LogP) is 3.27. The molecule has 0 spiro atoms. The summed E-state index contributed by atoms with van der Waals surface area (Å²) in [6.07, 6.45) is 3.73. The van der Waals surface area contributed by atoms with Crippen molar-refractivity contribution in [2.24, 2.45) is 0 Å². The first kappa shape index (κ1) is 19.1. The lowest BCUT2D eigenvalue weighted by Crippen LogP contribution is -2.23. The molecule has 1 aromatic rings. The molecule has 0 aromatic heterocycles. The Balaban J connectivity index is 1.93. The highest BCUT2D eigenvalue weighted by atomic mass is 14.9. The van der Waals surface area contributed by atoms with Gasteiger partial charge in [0.05, 0.1) is 0 Å². The lowest BCUT2D eigenvalue weighted by molar-refractivity contribution is 0.563. The van der Waals surface area contributed by atoms with Crippen molar-refractivity contribution in [3.63, 3.8) is 0 Å². The number of benzene rings is 1. The maximum Gasteiger partial charge on any atom is 0.0205 e. The molecule has 0 radical (unpaired) electrons. The Hall–Kier alpha value is -0.900. The van der Waals surface area contributed by atoms with Crippen molar-refractivity contribution in [2.45, 2.75) is 52.5 Å². The highest BCUT2D eigenvalue weighted by Crippen LogP contribution is 2.14. The smallest absolute Gasteiger partial charge is 0.0205 e. The highest BCUT2D eigenvalue weighted by molar-refractivity contribution is 5.24. The molecule has 1 aromatic carbocycles. The molecular weight excluding hydrogens is 270 g/mol. The molecule has 0 amide bonds. The van der Waals surface area contributed by atoms with Gasteiger partial charge in [0, 0.05) is 6.54 Å². The average molecular weight is 306 g/mol. The fourth-order valence-corrected chi connectivity index (χ4v) is 2.39. The molecule has 3 N–H and O–H groups in total. The fraction of sp³-hybridized carbons (Fsp3) is 0.684. The van der Waals surface area contributed by atoms with E-state index in [9.17, 15) is 0 Å². The van der Waals surface area contributed by atoms with Gasteiger partial charge in [-0.25, -0.2) is 0 Å². The quantitative estimate of drug-likeness (QED) is 0.490. The third-order valence-electron chi connectivity index (χ3n) is 3.89. The number of unbranched alkanes of at least 4 members (excludes halogenated alkanes) is 1. The van der Waals surface area contributed by atoms with Gasteiger partial charge in [-0.1, -0.05) is 45.0 Å². The van der Waals surface area contributed by atoms with Gasteiger partial charge in [0.25, 0.3) is 0 Å². The van der Waals surface area contributed by atoms with E-state index in [2.05, 4.69) is 61.0 Å². The van der Waals surface area contributed by atoms with Crippen LogP contribution in [0.2, 0.25) is 0 Å². The van der Waals surface area contributed by atoms with Crippen molar-refractivity contribution in [1.82, 2.24) is 16.0 Å². The molecule has 0 aliphatic heterocycles. The summed E-state index contributed by atoms with van der Waals surface area (Å²) in [5, 5.41) is 10.4. The first-order chi connectivity index (χ1) is 10.7. The van der Waals surface area contributed by atoms with E-state index in [0.717, 1.165) is 39.3 Å². The summed E-state index contributed by atoms with van der Waals surface area (Å²) in [5.74, 6) is 0.617. The van der Waals surface area contributed by atoms with Gasteiger partial charge in [-0.15, -0.1) is 0 Å². The monoisotopic (exact) mass is 305 g/mol. The van der Waals surface area contributed by atoms with Gasteiger partial charge in [-0.05, 0) is 69.0 Å². The van der Waals surface area contributed by atoms with Crippen molar-refractivity contribution >= 4 is 0 Å². The van der Waals surface area contributed by atoms with E-state index >= 15 is 0 Å². The van der Waals surface area contributed by atoms with Gasteiger partial charge in [-0.3, -0.25) is 0 Å². The Morgan fingerprint density at radius 1 is 0.773 bits per heavy atom. The molecule has 3 nitrogen and oxygen atoms in total. The highest BCUT2D eigenvalue weighted by Gasteiger charge is 1.98. The zero-order valence-corrected chi connectivity index (χ0v) is 14.8. The Kier molecular flexibility index (Phi) is 11.0. The van der Waals surface area contributed by atoms with Gasteiger partial charge in [0.1, 0.15) is 0 Å².